The van der Waals surface area contributed by atoms with Gasteiger partial charge >= 0.3 is 6.03 Å². The van der Waals surface area contributed by atoms with E-state index in [1.165, 1.54) is 4.90 Å². The Morgan fingerprint density at radius 3 is 2.50 bits per heavy atom. The van der Waals surface area contributed by atoms with Gasteiger partial charge in [0.05, 0.1) is 12.6 Å². The fraction of sp³-hybridized carbons (Fsp3) is 0.609. The first-order chi connectivity index (χ1) is 14.5. The molecule has 3 heterocycles. The van der Waals surface area contributed by atoms with E-state index in [4.69, 9.17) is 4.74 Å². The van der Waals surface area contributed by atoms with Crippen LogP contribution in [0.2, 0.25) is 0 Å². The zero-order valence-corrected chi connectivity index (χ0v) is 17.7. The third kappa shape index (κ3) is 3.83. The van der Waals surface area contributed by atoms with Crippen LogP contribution in [-0.4, -0.2) is 70.4 Å². The molecule has 1 aromatic carbocycles. The van der Waals surface area contributed by atoms with Gasteiger partial charge in [0, 0.05) is 32.7 Å². The van der Waals surface area contributed by atoms with E-state index in [2.05, 4.69) is 0 Å². The van der Waals surface area contributed by atoms with Crippen LogP contribution in [-0.2, 0) is 20.9 Å². The zero-order valence-electron chi connectivity index (χ0n) is 17.7. The van der Waals surface area contributed by atoms with Crippen molar-refractivity contribution in [1.82, 2.24) is 14.7 Å². The second-order valence-electron chi connectivity index (χ2n) is 8.52. The van der Waals surface area contributed by atoms with Gasteiger partial charge in [-0.25, -0.2) is 4.79 Å². The number of ether oxygens (including phenoxy) is 1. The van der Waals surface area contributed by atoms with E-state index in [-0.39, 0.29) is 23.9 Å². The van der Waals surface area contributed by atoms with Crippen LogP contribution in [0.15, 0.2) is 30.3 Å². The number of benzene rings is 1. The highest BCUT2D eigenvalue weighted by molar-refractivity contribution is 6.07. The topological polar surface area (TPSA) is 70.2 Å². The molecule has 4 amide bonds. The van der Waals surface area contributed by atoms with E-state index in [0.717, 1.165) is 24.8 Å². The Bertz CT molecular complexity index is 783. The number of nitrogens with zero attached hydrogens (tertiary/aromatic N) is 3. The Morgan fingerprint density at radius 2 is 1.87 bits per heavy atom. The van der Waals surface area contributed by atoms with Gasteiger partial charge in [0.25, 0.3) is 5.91 Å². The summed E-state index contributed by atoms with van der Waals surface area (Å²) in [4.78, 5) is 44.2. The number of carbonyl (C=O) groups excluding carboxylic acids is 3. The van der Waals surface area contributed by atoms with Crippen LogP contribution in [0.4, 0.5) is 4.79 Å². The van der Waals surface area contributed by atoms with E-state index < -0.39 is 5.54 Å². The number of urea groups is 1. The first-order valence-electron chi connectivity index (χ1n) is 11.1. The molecule has 3 aliphatic rings. The summed E-state index contributed by atoms with van der Waals surface area (Å²) in [5.74, 6) is -0.0232. The lowest BCUT2D eigenvalue weighted by Crippen LogP contribution is -2.57. The lowest BCUT2D eigenvalue weighted by Gasteiger charge is -2.42. The molecular formula is C23H31N3O4. The van der Waals surface area contributed by atoms with Gasteiger partial charge in [0.1, 0.15) is 5.54 Å². The molecule has 1 aromatic rings. The standard InChI is InChI=1S/C23H31N3O4/c1-2-20(27)24-13-11-23(12-14-24)21(28)25(17-19-10-6-7-15-30-19)22(29)26(23)16-18-8-4-3-5-9-18/h3-5,8-9,19H,2,6-7,10-17H2,1H3. The van der Waals surface area contributed by atoms with E-state index in [0.29, 0.717) is 52.0 Å². The van der Waals surface area contributed by atoms with Crippen molar-refractivity contribution in [2.45, 2.75) is 63.6 Å². The van der Waals surface area contributed by atoms with E-state index in [1.54, 1.807) is 4.90 Å². The van der Waals surface area contributed by atoms with E-state index in [1.807, 2.05) is 42.2 Å². The maximum absolute atomic E-state index is 13.6. The number of carbonyl (C=O) groups is 3. The van der Waals surface area contributed by atoms with Crippen LogP contribution >= 0.6 is 0 Å². The Labute approximate surface area is 177 Å². The molecule has 0 N–H and O–H groups in total. The highest BCUT2D eigenvalue weighted by Gasteiger charge is 2.58. The van der Waals surface area contributed by atoms with Crippen molar-refractivity contribution in [2.24, 2.45) is 0 Å². The summed E-state index contributed by atoms with van der Waals surface area (Å²) in [5, 5.41) is 0. The molecule has 0 saturated carbocycles. The zero-order chi connectivity index (χ0) is 21.1. The Hall–Kier alpha value is -2.41. The first kappa shape index (κ1) is 20.8. The highest BCUT2D eigenvalue weighted by Crippen LogP contribution is 2.39. The summed E-state index contributed by atoms with van der Waals surface area (Å²) in [7, 11) is 0. The number of hydrogen-bond donors (Lipinski definition) is 0. The van der Waals surface area contributed by atoms with Gasteiger partial charge in [-0.2, -0.15) is 0 Å². The van der Waals surface area contributed by atoms with Crippen LogP contribution in [0.3, 0.4) is 0 Å². The molecule has 0 aromatic heterocycles. The van der Waals surface area contributed by atoms with Crippen LogP contribution in [0, 0.1) is 0 Å². The molecule has 3 aliphatic heterocycles. The minimum Gasteiger partial charge on any atom is -0.376 e. The normalized spacial score (nSPS) is 24.0. The minimum atomic E-state index is -0.869. The maximum Gasteiger partial charge on any atom is 0.328 e. The molecule has 7 nitrogen and oxygen atoms in total. The third-order valence-corrected chi connectivity index (χ3v) is 6.71. The average molecular weight is 414 g/mol. The molecule has 1 atom stereocenters. The van der Waals surface area contributed by atoms with Crippen molar-refractivity contribution in [3.05, 3.63) is 35.9 Å². The predicted molar refractivity (Wildman–Crippen MR) is 112 cm³/mol. The average Bonchev–Trinajstić information content (AvgIpc) is 2.97. The fourth-order valence-corrected chi connectivity index (χ4v) is 4.92. The second-order valence-corrected chi connectivity index (χ2v) is 8.52. The highest BCUT2D eigenvalue weighted by atomic mass is 16.5. The summed E-state index contributed by atoms with van der Waals surface area (Å²) in [5.41, 5.74) is 0.132. The van der Waals surface area contributed by atoms with Gasteiger partial charge in [-0.05, 0) is 37.7 Å². The predicted octanol–water partition coefficient (Wildman–Crippen LogP) is 2.79. The minimum absolute atomic E-state index is 0.0814. The smallest absolute Gasteiger partial charge is 0.328 e. The number of hydrogen-bond acceptors (Lipinski definition) is 4. The Balaban J connectivity index is 1.58. The van der Waals surface area contributed by atoms with Crippen molar-refractivity contribution >= 4 is 17.8 Å². The summed E-state index contributed by atoms with van der Waals surface area (Å²) in [6.07, 6.45) is 4.32. The monoisotopic (exact) mass is 413 g/mol. The van der Waals surface area contributed by atoms with Crippen molar-refractivity contribution in [2.75, 3.05) is 26.2 Å². The molecule has 0 bridgehead atoms. The van der Waals surface area contributed by atoms with Crippen molar-refractivity contribution in [3.8, 4) is 0 Å². The van der Waals surface area contributed by atoms with Gasteiger partial charge in [-0.1, -0.05) is 37.3 Å². The van der Waals surface area contributed by atoms with Gasteiger partial charge in [-0.15, -0.1) is 0 Å². The molecule has 7 heteroatoms. The molecule has 3 fully saturated rings. The molecule has 162 valence electrons. The molecule has 1 unspecified atom stereocenters. The SMILES string of the molecule is CCC(=O)N1CCC2(CC1)C(=O)N(CC1CCCCO1)C(=O)N2Cc1ccccc1. The number of amides is 4. The Morgan fingerprint density at radius 1 is 1.13 bits per heavy atom. The lowest BCUT2D eigenvalue weighted by atomic mass is 9.85. The quantitative estimate of drug-likeness (QED) is 0.696. The van der Waals surface area contributed by atoms with Crippen molar-refractivity contribution < 1.29 is 19.1 Å². The maximum atomic E-state index is 13.6. The largest absolute Gasteiger partial charge is 0.376 e. The summed E-state index contributed by atoms with van der Waals surface area (Å²) < 4.78 is 5.81. The number of likely N-dealkylation sites (tertiary alicyclic amines) is 1. The first-order valence-corrected chi connectivity index (χ1v) is 11.1. The molecule has 3 saturated heterocycles. The van der Waals surface area contributed by atoms with Crippen molar-refractivity contribution in [3.63, 3.8) is 0 Å². The van der Waals surface area contributed by atoms with Crippen LogP contribution in [0.5, 0.6) is 0 Å². The van der Waals surface area contributed by atoms with E-state index in [9.17, 15) is 14.4 Å². The number of piperidine rings is 1. The van der Waals surface area contributed by atoms with Gasteiger partial charge in [0.2, 0.25) is 5.91 Å². The summed E-state index contributed by atoms with van der Waals surface area (Å²) >= 11 is 0. The van der Waals surface area contributed by atoms with E-state index >= 15 is 0 Å². The Kier molecular flexibility index (Phi) is 6.09. The molecule has 0 aliphatic carbocycles. The fourth-order valence-electron chi connectivity index (χ4n) is 4.92. The number of imide groups is 1. The van der Waals surface area contributed by atoms with Gasteiger partial charge in [-0.3, -0.25) is 14.5 Å². The van der Waals surface area contributed by atoms with Crippen LogP contribution in [0.1, 0.15) is 51.0 Å². The molecule has 30 heavy (non-hydrogen) atoms. The summed E-state index contributed by atoms with van der Waals surface area (Å²) in [6.45, 7) is 4.27. The van der Waals surface area contributed by atoms with Crippen LogP contribution in [0.25, 0.3) is 0 Å². The third-order valence-electron chi connectivity index (χ3n) is 6.71. The number of rotatable bonds is 5. The molecule has 0 radical (unpaired) electrons. The van der Waals surface area contributed by atoms with Crippen molar-refractivity contribution in [1.29, 1.82) is 0 Å². The summed E-state index contributed by atoms with van der Waals surface area (Å²) in [6, 6.07) is 9.56. The van der Waals surface area contributed by atoms with Gasteiger partial charge < -0.3 is 14.5 Å². The lowest BCUT2D eigenvalue weighted by molar-refractivity contribution is -0.141. The van der Waals surface area contributed by atoms with Gasteiger partial charge in [0.15, 0.2) is 0 Å². The second kappa shape index (κ2) is 8.76. The van der Waals surface area contributed by atoms with Crippen LogP contribution < -0.4 is 0 Å². The molecular weight excluding hydrogens is 382 g/mol. The molecule has 4 rings (SSSR count). The molecule has 1 spiro atoms.